The summed E-state index contributed by atoms with van der Waals surface area (Å²) >= 11 is 0. The van der Waals surface area contributed by atoms with E-state index >= 15 is 0 Å². The average Bonchev–Trinajstić information content (AvgIpc) is 2.71. The fourth-order valence-electron chi connectivity index (χ4n) is 2.74. The SMILES string of the molecule is COc1cccc(Nc2ncnc(Oc3ccc4ccccc4c3)c2N)c1. The normalized spacial score (nSPS) is 10.6. The van der Waals surface area contributed by atoms with Crippen molar-refractivity contribution in [2.75, 3.05) is 18.2 Å². The van der Waals surface area contributed by atoms with Gasteiger partial charge in [0.25, 0.3) is 0 Å². The summed E-state index contributed by atoms with van der Waals surface area (Å²) in [5, 5.41) is 5.39. The molecule has 0 radical (unpaired) electrons. The molecule has 0 spiro atoms. The summed E-state index contributed by atoms with van der Waals surface area (Å²) in [5.74, 6) is 2.16. The minimum atomic E-state index is 0.297. The first-order chi connectivity index (χ1) is 13.2. The van der Waals surface area contributed by atoms with Crippen LogP contribution in [0.5, 0.6) is 17.4 Å². The summed E-state index contributed by atoms with van der Waals surface area (Å²) in [6.07, 6.45) is 1.41. The molecule has 6 heteroatoms. The molecular formula is C21H18N4O2. The summed E-state index contributed by atoms with van der Waals surface area (Å²) in [6, 6.07) is 21.4. The Morgan fingerprint density at radius 1 is 0.852 bits per heavy atom. The van der Waals surface area contributed by atoms with Crippen LogP contribution in [0.3, 0.4) is 0 Å². The molecule has 0 bridgehead atoms. The molecular weight excluding hydrogens is 340 g/mol. The molecule has 0 unspecified atom stereocenters. The quantitative estimate of drug-likeness (QED) is 0.535. The van der Waals surface area contributed by atoms with Crippen molar-refractivity contribution < 1.29 is 9.47 Å². The van der Waals surface area contributed by atoms with Crippen LogP contribution < -0.4 is 20.5 Å². The fraction of sp³-hybridized carbons (Fsp3) is 0.0476. The number of hydrogen-bond acceptors (Lipinski definition) is 6. The number of fused-ring (bicyclic) bond motifs is 1. The maximum Gasteiger partial charge on any atom is 0.248 e. The minimum Gasteiger partial charge on any atom is -0.497 e. The number of anilines is 3. The monoisotopic (exact) mass is 358 g/mol. The van der Waals surface area contributed by atoms with E-state index in [1.807, 2.05) is 66.7 Å². The standard InChI is InChI=1S/C21H18N4O2/c1-26-17-8-4-7-16(12-17)25-20-19(22)21(24-13-23-20)27-18-10-9-14-5-2-3-6-15(14)11-18/h2-13H,22H2,1H3,(H,23,24,25). The van der Waals surface area contributed by atoms with Gasteiger partial charge in [0.15, 0.2) is 5.82 Å². The summed E-state index contributed by atoms with van der Waals surface area (Å²) in [6.45, 7) is 0. The lowest BCUT2D eigenvalue weighted by atomic mass is 10.1. The van der Waals surface area contributed by atoms with Crippen LogP contribution >= 0.6 is 0 Å². The molecule has 0 saturated carbocycles. The molecule has 1 aromatic heterocycles. The lowest BCUT2D eigenvalue weighted by Crippen LogP contribution is -2.03. The van der Waals surface area contributed by atoms with Gasteiger partial charge in [0.2, 0.25) is 5.88 Å². The summed E-state index contributed by atoms with van der Waals surface area (Å²) in [7, 11) is 1.62. The Morgan fingerprint density at radius 2 is 1.70 bits per heavy atom. The van der Waals surface area contributed by atoms with Crippen molar-refractivity contribution in [3.05, 3.63) is 73.1 Å². The van der Waals surface area contributed by atoms with Crippen LogP contribution in [-0.2, 0) is 0 Å². The van der Waals surface area contributed by atoms with E-state index in [4.69, 9.17) is 15.2 Å². The van der Waals surface area contributed by atoms with E-state index < -0.39 is 0 Å². The summed E-state index contributed by atoms with van der Waals surface area (Å²) < 4.78 is 11.1. The first-order valence-corrected chi connectivity index (χ1v) is 8.41. The van der Waals surface area contributed by atoms with Gasteiger partial charge >= 0.3 is 0 Å². The number of ether oxygens (including phenoxy) is 2. The maximum atomic E-state index is 6.22. The van der Waals surface area contributed by atoms with Gasteiger partial charge in [-0.15, -0.1) is 0 Å². The molecule has 0 aliphatic carbocycles. The van der Waals surface area contributed by atoms with Crippen molar-refractivity contribution in [2.24, 2.45) is 0 Å². The number of aromatic nitrogens is 2. The van der Waals surface area contributed by atoms with Crippen molar-refractivity contribution in [3.63, 3.8) is 0 Å². The van der Waals surface area contributed by atoms with Gasteiger partial charge in [0.05, 0.1) is 7.11 Å². The molecule has 0 fully saturated rings. The van der Waals surface area contributed by atoms with Crippen LogP contribution in [0, 0.1) is 0 Å². The number of benzene rings is 3. The van der Waals surface area contributed by atoms with Gasteiger partial charge in [-0.2, -0.15) is 4.98 Å². The molecule has 3 aromatic carbocycles. The topological polar surface area (TPSA) is 82.3 Å². The van der Waals surface area contributed by atoms with E-state index in [-0.39, 0.29) is 0 Å². The number of nitrogen functional groups attached to an aromatic ring is 1. The Bertz CT molecular complexity index is 1100. The third-order valence-corrected chi connectivity index (χ3v) is 4.12. The second kappa shape index (κ2) is 7.21. The molecule has 134 valence electrons. The molecule has 0 atom stereocenters. The molecule has 6 nitrogen and oxygen atoms in total. The van der Waals surface area contributed by atoms with Crippen LogP contribution in [0.1, 0.15) is 0 Å². The molecule has 27 heavy (non-hydrogen) atoms. The Kier molecular flexibility index (Phi) is 4.45. The van der Waals surface area contributed by atoms with Crippen molar-refractivity contribution in [1.82, 2.24) is 9.97 Å². The predicted molar refractivity (Wildman–Crippen MR) is 107 cm³/mol. The highest BCUT2D eigenvalue weighted by Gasteiger charge is 2.11. The Morgan fingerprint density at radius 3 is 2.56 bits per heavy atom. The third-order valence-electron chi connectivity index (χ3n) is 4.12. The molecule has 4 aromatic rings. The molecule has 3 N–H and O–H groups in total. The zero-order valence-electron chi connectivity index (χ0n) is 14.7. The van der Waals surface area contributed by atoms with E-state index in [0.29, 0.717) is 23.1 Å². The largest absolute Gasteiger partial charge is 0.497 e. The van der Waals surface area contributed by atoms with Crippen LogP contribution in [0.25, 0.3) is 10.8 Å². The predicted octanol–water partition coefficient (Wildman–Crippen LogP) is 4.76. The first kappa shape index (κ1) is 16.7. The van der Waals surface area contributed by atoms with Crippen LogP contribution in [0.15, 0.2) is 73.1 Å². The maximum absolute atomic E-state index is 6.22. The molecule has 0 saturated heterocycles. The van der Waals surface area contributed by atoms with Gasteiger partial charge in [-0.3, -0.25) is 0 Å². The van der Waals surface area contributed by atoms with E-state index in [2.05, 4.69) is 15.3 Å². The lowest BCUT2D eigenvalue weighted by Gasteiger charge is -2.12. The molecule has 4 rings (SSSR count). The van der Waals surface area contributed by atoms with E-state index in [0.717, 1.165) is 22.2 Å². The van der Waals surface area contributed by atoms with Crippen molar-refractivity contribution in [3.8, 4) is 17.4 Å². The van der Waals surface area contributed by atoms with Gasteiger partial charge in [-0.25, -0.2) is 4.98 Å². The van der Waals surface area contributed by atoms with E-state index in [1.165, 1.54) is 6.33 Å². The van der Waals surface area contributed by atoms with Crippen LogP contribution in [-0.4, -0.2) is 17.1 Å². The van der Waals surface area contributed by atoms with Crippen molar-refractivity contribution in [1.29, 1.82) is 0 Å². The molecule has 0 amide bonds. The highest BCUT2D eigenvalue weighted by molar-refractivity contribution is 5.84. The van der Waals surface area contributed by atoms with Crippen LogP contribution in [0.4, 0.5) is 17.2 Å². The molecule has 0 aliphatic heterocycles. The van der Waals surface area contributed by atoms with E-state index in [1.54, 1.807) is 7.11 Å². The Hall–Kier alpha value is -3.80. The second-order valence-corrected chi connectivity index (χ2v) is 5.91. The zero-order valence-corrected chi connectivity index (χ0v) is 14.7. The van der Waals surface area contributed by atoms with Gasteiger partial charge in [-0.1, -0.05) is 36.4 Å². The number of hydrogen-bond donors (Lipinski definition) is 2. The average molecular weight is 358 g/mol. The number of methoxy groups -OCH3 is 1. The van der Waals surface area contributed by atoms with Crippen LogP contribution in [0.2, 0.25) is 0 Å². The Labute approximate surface area is 156 Å². The smallest absolute Gasteiger partial charge is 0.248 e. The fourth-order valence-corrected chi connectivity index (χ4v) is 2.74. The van der Waals surface area contributed by atoms with E-state index in [9.17, 15) is 0 Å². The second-order valence-electron chi connectivity index (χ2n) is 5.91. The summed E-state index contributed by atoms with van der Waals surface area (Å²) in [4.78, 5) is 8.38. The minimum absolute atomic E-state index is 0.297. The van der Waals surface area contributed by atoms with Crippen molar-refractivity contribution in [2.45, 2.75) is 0 Å². The van der Waals surface area contributed by atoms with Crippen molar-refractivity contribution >= 4 is 28.0 Å². The highest BCUT2D eigenvalue weighted by Crippen LogP contribution is 2.32. The highest BCUT2D eigenvalue weighted by atomic mass is 16.5. The van der Waals surface area contributed by atoms with Gasteiger partial charge in [-0.05, 0) is 35.0 Å². The van der Waals surface area contributed by atoms with Gasteiger partial charge in [0.1, 0.15) is 23.5 Å². The number of nitrogens with two attached hydrogens (primary N) is 1. The molecule has 0 aliphatic rings. The lowest BCUT2D eigenvalue weighted by molar-refractivity contribution is 0.415. The third kappa shape index (κ3) is 3.59. The summed E-state index contributed by atoms with van der Waals surface area (Å²) in [5.41, 5.74) is 7.35. The molecule has 1 heterocycles. The number of nitrogens with one attached hydrogen (secondary N) is 1. The number of nitrogens with zero attached hydrogens (tertiary/aromatic N) is 2. The zero-order chi connectivity index (χ0) is 18.6. The Balaban J connectivity index is 1.60. The first-order valence-electron chi connectivity index (χ1n) is 8.41. The number of rotatable bonds is 5. The van der Waals surface area contributed by atoms with Gasteiger partial charge in [0, 0.05) is 11.8 Å². The van der Waals surface area contributed by atoms with Gasteiger partial charge < -0.3 is 20.5 Å².